The van der Waals surface area contributed by atoms with Gasteiger partial charge in [0, 0.05) is 0 Å². The van der Waals surface area contributed by atoms with Gasteiger partial charge in [-0.2, -0.15) is 0 Å². The predicted octanol–water partition coefficient (Wildman–Crippen LogP) is 3.09. The monoisotopic (exact) mass is 266 g/mol. The molecule has 0 spiro atoms. The lowest BCUT2D eigenvalue weighted by Crippen LogP contribution is -2.34. The van der Waals surface area contributed by atoms with Gasteiger partial charge in [-0.3, -0.25) is 4.79 Å². The number of hydrogen-bond acceptors (Lipinski definition) is 3. The number of aliphatic carboxylic acids is 1. The molecule has 1 atom stereocenters. The minimum atomic E-state index is -0.923. The predicted molar refractivity (Wildman–Crippen MR) is 74.0 cm³/mol. The van der Waals surface area contributed by atoms with Gasteiger partial charge >= 0.3 is 5.97 Å². The van der Waals surface area contributed by atoms with Crippen molar-refractivity contribution < 1.29 is 19.4 Å². The Bertz CT molecular complexity index is 453. The van der Waals surface area contributed by atoms with E-state index in [-0.39, 0.29) is 5.92 Å². The Hall–Kier alpha value is -1.71. The number of ether oxygens (including phenoxy) is 2. The second kappa shape index (κ2) is 5.95. The molecule has 1 aromatic rings. The molecule has 0 fully saturated rings. The molecule has 0 saturated heterocycles. The number of benzene rings is 1. The summed E-state index contributed by atoms with van der Waals surface area (Å²) in [6, 6.07) is 5.28. The zero-order valence-corrected chi connectivity index (χ0v) is 12.2. The number of carboxylic acids is 1. The molecular formula is C15H22O4. The Morgan fingerprint density at radius 1 is 1.26 bits per heavy atom. The fourth-order valence-electron chi connectivity index (χ4n) is 2.32. The SMILES string of the molecule is COc1ccc(C(C)(CC(C)C)C(=O)O)cc1OC. The van der Waals surface area contributed by atoms with Gasteiger partial charge < -0.3 is 14.6 Å². The normalized spacial score (nSPS) is 14.0. The van der Waals surface area contributed by atoms with Crippen LogP contribution in [0.1, 0.15) is 32.8 Å². The fraction of sp³-hybridized carbons (Fsp3) is 0.533. The van der Waals surface area contributed by atoms with E-state index in [1.807, 2.05) is 13.8 Å². The molecule has 1 unspecified atom stereocenters. The topological polar surface area (TPSA) is 55.8 Å². The van der Waals surface area contributed by atoms with Crippen LogP contribution >= 0.6 is 0 Å². The van der Waals surface area contributed by atoms with Crippen LogP contribution in [0.15, 0.2) is 18.2 Å². The summed E-state index contributed by atoms with van der Waals surface area (Å²) in [4.78, 5) is 11.6. The van der Waals surface area contributed by atoms with Gasteiger partial charge in [-0.1, -0.05) is 19.9 Å². The molecule has 106 valence electrons. The first-order valence-electron chi connectivity index (χ1n) is 6.31. The molecule has 4 nitrogen and oxygen atoms in total. The first-order chi connectivity index (χ1) is 8.85. The molecule has 0 aromatic heterocycles. The van der Waals surface area contributed by atoms with Crippen molar-refractivity contribution in [2.75, 3.05) is 14.2 Å². The van der Waals surface area contributed by atoms with Crippen molar-refractivity contribution in [2.45, 2.75) is 32.6 Å². The Labute approximate surface area is 114 Å². The molecule has 19 heavy (non-hydrogen) atoms. The quantitative estimate of drug-likeness (QED) is 0.859. The van der Waals surface area contributed by atoms with Crippen LogP contribution in [-0.2, 0) is 10.2 Å². The highest BCUT2D eigenvalue weighted by Crippen LogP contribution is 2.36. The number of carbonyl (C=O) groups is 1. The van der Waals surface area contributed by atoms with Gasteiger partial charge in [0.1, 0.15) is 0 Å². The third kappa shape index (κ3) is 3.19. The maximum Gasteiger partial charge on any atom is 0.313 e. The Morgan fingerprint density at radius 3 is 2.26 bits per heavy atom. The molecule has 1 aromatic carbocycles. The second-order valence-electron chi connectivity index (χ2n) is 5.30. The van der Waals surface area contributed by atoms with Crippen LogP contribution in [0.3, 0.4) is 0 Å². The van der Waals surface area contributed by atoms with Gasteiger partial charge in [0.05, 0.1) is 19.6 Å². The van der Waals surface area contributed by atoms with Crippen LogP contribution in [0.4, 0.5) is 0 Å². The van der Waals surface area contributed by atoms with Crippen molar-refractivity contribution in [3.05, 3.63) is 23.8 Å². The molecule has 0 heterocycles. The molecule has 4 heteroatoms. The van der Waals surface area contributed by atoms with Crippen LogP contribution in [0.25, 0.3) is 0 Å². The highest BCUT2D eigenvalue weighted by atomic mass is 16.5. The van der Waals surface area contributed by atoms with E-state index in [4.69, 9.17) is 9.47 Å². The number of carboxylic acid groups (broad SMARTS) is 1. The molecular weight excluding hydrogens is 244 g/mol. The van der Waals surface area contributed by atoms with Gasteiger partial charge in [-0.25, -0.2) is 0 Å². The second-order valence-corrected chi connectivity index (χ2v) is 5.30. The van der Waals surface area contributed by atoms with Crippen LogP contribution in [0, 0.1) is 5.92 Å². The Kier molecular flexibility index (Phi) is 4.81. The summed E-state index contributed by atoms with van der Waals surface area (Å²) in [6.45, 7) is 5.78. The summed E-state index contributed by atoms with van der Waals surface area (Å²) >= 11 is 0. The van der Waals surface area contributed by atoms with Crippen LogP contribution in [0.5, 0.6) is 11.5 Å². The Balaban J connectivity index is 3.27. The van der Waals surface area contributed by atoms with Crippen LogP contribution in [-0.4, -0.2) is 25.3 Å². The van der Waals surface area contributed by atoms with Gasteiger partial charge in [0.25, 0.3) is 0 Å². The largest absolute Gasteiger partial charge is 0.493 e. The highest BCUT2D eigenvalue weighted by Gasteiger charge is 2.36. The lowest BCUT2D eigenvalue weighted by Gasteiger charge is -2.28. The molecule has 0 aliphatic heterocycles. The molecule has 0 aliphatic carbocycles. The summed E-state index contributed by atoms with van der Waals surface area (Å²) < 4.78 is 10.4. The number of hydrogen-bond donors (Lipinski definition) is 1. The first-order valence-corrected chi connectivity index (χ1v) is 6.31. The molecule has 0 aliphatic rings. The van der Waals surface area contributed by atoms with E-state index in [1.54, 1.807) is 39.3 Å². The highest BCUT2D eigenvalue weighted by molar-refractivity contribution is 5.81. The smallest absolute Gasteiger partial charge is 0.313 e. The minimum Gasteiger partial charge on any atom is -0.493 e. The molecule has 1 N–H and O–H groups in total. The van der Waals surface area contributed by atoms with Crippen molar-refractivity contribution in [3.63, 3.8) is 0 Å². The summed E-state index contributed by atoms with van der Waals surface area (Å²) in [5.41, 5.74) is -0.195. The van der Waals surface area contributed by atoms with Crippen molar-refractivity contribution in [1.82, 2.24) is 0 Å². The van der Waals surface area contributed by atoms with Gasteiger partial charge in [0.2, 0.25) is 0 Å². The van der Waals surface area contributed by atoms with E-state index in [9.17, 15) is 9.90 Å². The third-order valence-corrected chi connectivity index (χ3v) is 3.31. The Morgan fingerprint density at radius 2 is 1.84 bits per heavy atom. The fourth-order valence-corrected chi connectivity index (χ4v) is 2.32. The van der Waals surface area contributed by atoms with Crippen LogP contribution in [0.2, 0.25) is 0 Å². The van der Waals surface area contributed by atoms with Crippen molar-refractivity contribution in [1.29, 1.82) is 0 Å². The molecule has 0 saturated carbocycles. The zero-order valence-electron chi connectivity index (χ0n) is 12.2. The summed E-state index contributed by atoms with van der Waals surface area (Å²) in [7, 11) is 3.10. The van der Waals surface area contributed by atoms with E-state index in [0.717, 1.165) is 5.56 Å². The van der Waals surface area contributed by atoms with E-state index in [0.29, 0.717) is 17.9 Å². The molecule has 0 amide bonds. The summed E-state index contributed by atoms with van der Waals surface area (Å²) in [6.07, 6.45) is 0.567. The number of rotatable bonds is 6. The molecule has 1 rings (SSSR count). The van der Waals surface area contributed by atoms with Crippen LogP contribution < -0.4 is 9.47 Å². The van der Waals surface area contributed by atoms with Crippen molar-refractivity contribution in [2.24, 2.45) is 5.92 Å². The van der Waals surface area contributed by atoms with Gasteiger partial charge in [-0.05, 0) is 37.0 Å². The maximum absolute atomic E-state index is 11.6. The summed E-state index contributed by atoms with van der Waals surface area (Å²) in [5, 5.41) is 9.55. The maximum atomic E-state index is 11.6. The summed E-state index contributed by atoms with van der Waals surface area (Å²) in [5.74, 6) is 0.613. The average molecular weight is 266 g/mol. The van der Waals surface area contributed by atoms with Gasteiger partial charge in [-0.15, -0.1) is 0 Å². The number of methoxy groups -OCH3 is 2. The van der Waals surface area contributed by atoms with Crippen molar-refractivity contribution >= 4 is 5.97 Å². The van der Waals surface area contributed by atoms with Gasteiger partial charge in [0.15, 0.2) is 11.5 Å². The van der Waals surface area contributed by atoms with E-state index in [2.05, 4.69) is 0 Å². The van der Waals surface area contributed by atoms with E-state index >= 15 is 0 Å². The lowest BCUT2D eigenvalue weighted by atomic mass is 9.76. The first kappa shape index (κ1) is 15.3. The lowest BCUT2D eigenvalue weighted by molar-refractivity contribution is -0.143. The van der Waals surface area contributed by atoms with Crippen molar-refractivity contribution in [3.8, 4) is 11.5 Å². The molecule has 0 radical (unpaired) electrons. The zero-order chi connectivity index (χ0) is 14.6. The third-order valence-electron chi connectivity index (χ3n) is 3.31. The minimum absolute atomic E-state index is 0.286. The van der Waals surface area contributed by atoms with E-state index < -0.39 is 11.4 Å². The molecule has 0 bridgehead atoms. The standard InChI is InChI=1S/C15H22O4/c1-10(2)9-15(3,14(16)17)11-6-7-12(18-4)13(8-11)19-5/h6-8,10H,9H2,1-5H3,(H,16,17). The average Bonchev–Trinajstić information content (AvgIpc) is 2.36. The van der Waals surface area contributed by atoms with E-state index in [1.165, 1.54) is 0 Å².